The first-order valence-corrected chi connectivity index (χ1v) is 12.0. The Morgan fingerprint density at radius 2 is 1.56 bits per heavy atom. The molecule has 0 unspecified atom stereocenters. The molecule has 4 aromatic rings. The lowest BCUT2D eigenvalue weighted by Crippen LogP contribution is -2.27. The molecule has 1 fully saturated rings. The maximum Gasteiger partial charge on any atom is 0.293 e. The highest BCUT2D eigenvalue weighted by atomic mass is 32.2. The van der Waals surface area contributed by atoms with E-state index < -0.39 is 4.92 Å². The number of non-ortho nitro benzene ring substituents is 1. The molecule has 1 aliphatic heterocycles. The van der Waals surface area contributed by atoms with Crippen molar-refractivity contribution in [2.45, 2.75) is 13.2 Å². The van der Waals surface area contributed by atoms with E-state index in [-0.39, 0.29) is 30.0 Å². The van der Waals surface area contributed by atoms with Crippen LogP contribution in [0.4, 0.5) is 10.5 Å². The van der Waals surface area contributed by atoms with Crippen molar-refractivity contribution >= 4 is 45.4 Å². The fraction of sp³-hybridized carbons (Fsp3) is 0.0714. The number of hydrogen-bond acceptors (Lipinski definition) is 6. The van der Waals surface area contributed by atoms with E-state index in [1.165, 1.54) is 17.0 Å². The van der Waals surface area contributed by atoms with Gasteiger partial charge < -0.3 is 4.74 Å². The number of rotatable bonds is 7. The molecular formula is C28H20N2O5S. The molecule has 0 radical (unpaired) electrons. The third-order valence-corrected chi connectivity index (χ3v) is 6.68. The van der Waals surface area contributed by atoms with E-state index in [1.54, 1.807) is 24.3 Å². The normalized spacial score (nSPS) is 14.6. The Hall–Kier alpha value is -4.43. The summed E-state index contributed by atoms with van der Waals surface area (Å²) >= 11 is 0.906. The molecule has 2 amide bonds. The van der Waals surface area contributed by atoms with Gasteiger partial charge in [0, 0.05) is 17.7 Å². The van der Waals surface area contributed by atoms with Crippen LogP contribution in [0.2, 0.25) is 0 Å². The van der Waals surface area contributed by atoms with Gasteiger partial charge in [0.15, 0.2) is 0 Å². The van der Waals surface area contributed by atoms with Crippen molar-refractivity contribution in [3.63, 3.8) is 0 Å². The molecule has 1 heterocycles. The maximum absolute atomic E-state index is 13.1. The van der Waals surface area contributed by atoms with Gasteiger partial charge >= 0.3 is 0 Å². The zero-order valence-corrected chi connectivity index (χ0v) is 19.8. The summed E-state index contributed by atoms with van der Waals surface area (Å²) in [5.74, 6) is 0.195. The molecule has 0 aliphatic carbocycles. The highest BCUT2D eigenvalue weighted by Gasteiger charge is 2.35. The smallest absolute Gasteiger partial charge is 0.293 e. The quantitative estimate of drug-likeness (QED) is 0.163. The minimum absolute atomic E-state index is 0.0126. The number of hydrogen-bond donors (Lipinski definition) is 0. The van der Waals surface area contributed by atoms with Gasteiger partial charge in [-0.05, 0) is 64.0 Å². The van der Waals surface area contributed by atoms with E-state index in [0.717, 1.165) is 33.7 Å². The molecule has 8 heteroatoms. The van der Waals surface area contributed by atoms with Gasteiger partial charge in [-0.2, -0.15) is 0 Å². The molecule has 5 rings (SSSR count). The minimum Gasteiger partial charge on any atom is -0.488 e. The molecule has 1 saturated heterocycles. The Balaban J connectivity index is 1.31. The molecule has 0 spiro atoms. The summed E-state index contributed by atoms with van der Waals surface area (Å²) in [5, 5.41) is 12.7. The summed E-state index contributed by atoms with van der Waals surface area (Å²) < 4.78 is 5.93. The molecule has 1 aliphatic rings. The molecular weight excluding hydrogens is 476 g/mol. The van der Waals surface area contributed by atoms with Crippen LogP contribution in [0.25, 0.3) is 16.8 Å². The molecule has 4 aromatic carbocycles. The van der Waals surface area contributed by atoms with E-state index in [0.29, 0.717) is 16.2 Å². The second kappa shape index (κ2) is 10.1. The van der Waals surface area contributed by atoms with E-state index >= 15 is 0 Å². The van der Waals surface area contributed by atoms with Gasteiger partial charge in [-0.3, -0.25) is 24.6 Å². The average Bonchev–Trinajstić information content (AvgIpc) is 3.15. The lowest BCUT2D eigenvalue weighted by molar-refractivity contribution is -0.384. The van der Waals surface area contributed by atoms with Gasteiger partial charge in [0.05, 0.1) is 16.4 Å². The number of carbonyl (C=O) groups excluding carboxylic acids is 2. The first-order valence-electron chi connectivity index (χ1n) is 11.2. The van der Waals surface area contributed by atoms with Crippen molar-refractivity contribution in [1.29, 1.82) is 0 Å². The van der Waals surface area contributed by atoms with Crippen molar-refractivity contribution in [2.75, 3.05) is 0 Å². The van der Waals surface area contributed by atoms with Crippen LogP contribution in [0.1, 0.15) is 16.7 Å². The van der Waals surface area contributed by atoms with Crippen LogP contribution in [-0.2, 0) is 17.9 Å². The summed E-state index contributed by atoms with van der Waals surface area (Å²) in [6.07, 6.45) is 1.66. The number of carbonyl (C=O) groups is 2. The third-order valence-electron chi connectivity index (χ3n) is 5.78. The standard InChI is InChI=1S/C28H20N2O5S/c31-27-26(36-28(32)29(27)17-20-9-12-21-5-1-2-6-22(21)15-20)16-23-7-3-4-8-25(23)35-18-19-10-13-24(14-11-19)30(33)34/h1-16H,17-18H2/b26-16+. The van der Waals surface area contributed by atoms with Gasteiger partial charge in [0.1, 0.15) is 12.4 Å². The van der Waals surface area contributed by atoms with Gasteiger partial charge in [0.2, 0.25) is 0 Å². The van der Waals surface area contributed by atoms with E-state index in [4.69, 9.17) is 4.74 Å². The van der Waals surface area contributed by atoms with Gasteiger partial charge in [-0.15, -0.1) is 0 Å². The average molecular weight is 497 g/mol. The summed E-state index contributed by atoms with van der Waals surface area (Å²) in [6.45, 7) is 0.400. The lowest BCUT2D eigenvalue weighted by atomic mass is 10.1. The molecule has 178 valence electrons. The molecule has 0 saturated carbocycles. The van der Waals surface area contributed by atoms with E-state index in [2.05, 4.69) is 0 Å². The van der Waals surface area contributed by atoms with Crippen molar-refractivity contribution in [3.05, 3.63) is 123 Å². The fourth-order valence-corrected chi connectivity index (χ4v) is 4.73. The number of para-hydroxylation sites is 1. The zero-order valence-electron chi connectivity index (χ0n) is 19.0. The van der Waals surface area contributed by atoms with Crippen molar-refractivity contribution in [3.8, 4) is 5.75 Å². The van der Waals surface area contributed by atoms with Crippen LogP contribution in [0.15, 0.2) is 95.9 Å². The van der Waals surface area contributed by atoms with Crippen molar-refractivity contribution < 1.29 is 19.2 Å². The molecule has 0 N–H and O–H groups in total. The van der Waals surface area contributed by atoms with Gasteiger partial charge in [-0.25, -0.2) is 0 Å². The minimum atomic E-state index is -0.451. The van der Waals surface area contributed by atoms with Crippen molar-refractivity contribution in [1.82, 2.24) is 4.90 Å². The number of nitro groups is 1. The third kappa shape index (κ3) is 4.99. The molecule has 0 atom stereocenters. The summed E-state index contributed by atoms with van der Waals surface area (Å²) in [5.41, 5.74) is 2.32. The fourth-order valence-electron chi connectivity index (χ4n) is 3.90. The highest BCUT2D eigenvalue weighted by molar-refractivity contribution is 8.18. The molecule has 7 nitrogen and oxygen atoms in total. The van der Waals surface area contributed by atoms with Crippen LogP contribution in [-0.4, -0.2) is 21.0 Å². The predicted octanol–water partition coefficient (Wildman–Crippen LogP) is 6.56. The SMILES string of the molecule is O=C1S/C(=C/c2ccccc2OCc2ccc([N+](=O)[O-])cc2)C(=O)N1Cc1ccc2ccccc2c1. The largest absolute Gasteiger partial charge is 0.488 e. The zero-order chi connectivity index (χ0) is 25.1. The number of nitro benzene ring substituents is 1. The second-order valence-corrected chi connectivity index (χ2v) is 9.19. The van der Waals surface area contributed by atoms with E-state index in [9.17, 15) is 19.7 Å². The highest BCUT2D eigenvalue weighted by Crippen LogP contribution is 2.35. The van der Waals surface area contributed by atoms with Crippen LogP contribution in [0.5, 0.6) is 5.75 Å². The Morgan fingerprint density at radius 3 is 2.33 bits per heavy atom. The van der Waals surface area contributed by atoms with Gasteiger partial charge in [-0.1, -0.05) is 54.6 Å². The number of thioether (sulfide) groups is 1. The predicted molar refractivity (Wildman–Crippen MR) is 139 cm³/mol. The monoisotopic (exact) mass is 496 g/mol. The number of ether oxygens (including phenoxy) is 1. The summed E-state index contributed by atoms with van der Waals surface area (Å²) in [4.78, 5) is 37.7. The first-order chi connectivity index (χ1) is 17.5. The van der Waals surface area contributed by atoms with E-state index in [1.807, 2.05) is 60.7 Å². The molecule has 0 bridgehead atoms. The summed E-state index contributed by atoms with van der Waals surface area (Å²) in [6, 6.07) is 27.2. The second-order valence-electron chi connectivity index (χ2n) is 8.20. The Kier molecular flexibility index (Phi) is 6.51. The number of benzene rings is 4. The number of fused-ring (bicyclic) bond motifs is 1. The maximum atomic E-state index is 13.1. The van der Waals surface area contributed by atoms with Crippen LogP contribution >= 0.6 is 11.8 Å². The van der Waals surface area contributed by atoms with Gasteiger partial charge in [0.25, 0.3) is 16.8 Å². The summed E-state index contributed by atoms with van der Waals surface area (Å²) in [7, 11) is 0. The molecule has 36 heavy (non-hydrogen) atoms. The Labute approximate surface area is 211 Å². The van der Waals surface area contributed by atoms with Crippen LogP contribution < -0.4 is 4.74 Å². The Bertz CT molecular complexity index is 1510. The van der Waals surface area contributed by atoms with Crippen LogP contribution in [0.3, 0.4) is 0 Å². The number of amides is 2. The topological polar surface area (TPSA) is 89.7 Å². The molecule has 0 aromatic heterocycles. The number of imide groups is 1. The number of nitrogens with zero attached hydrogens (tertiary/aromatic N) is 2. The van der Waals surface area contributed by atoms with Crippen LogP contribution in [0, 0.1) is 10.1 Å². The first kappa shape index (κ1) is 23.3. The lowest BCUT2D eigenvalue weighted by Gasteiger charge is -2.13. The Morgan fingerprint density at radius 1 is 0.861 bits per heavy atom. The van der Waals surface area contributed by atoms with Crippen molar-refractivity contribution in [2.24, 2.45) is 0 Å².